The van der Waals surface area contributed by atoms with Gasteiger partial charge in [-0.25, -0.2) is 4.39 Å². The van der Waals surface area contributed by atoms with Gasteiger partial charge in [0.2, 0.25) is 0 Å². The molecule has 0 heterocycles. The molecule has 0 saturated carbocycles. The van der Waals surface area contributed by atoms with Gasteiger partial charge in [-0.1, -0.05) is 35.9 Å². The molecule has 1 unspecified atom stereocenters. The molecule has 0 fully saturated rings. The number of halogens is 1. The van der Waals surface area contributed by atoms with Crippen LogP contribution in [0.1, 0.15) is 33.9 Å². The van der Waals surface area contributed by atoms with E-state index in [2.05, 4.69) is 19.1 Å². The smallest absolute Gasteiger partial charge is 0.129 e. The SMILES string of the molecule is Cc1cc(C)c(CC(O)c2ccccc2F)c(C)c1. The molecule has 2 aromatic carbocycles. The highest BCUT2D eigenvalue weighted by molar-refractivity contribution is 5.38. The Bertz CT molecular complexity index is 567. The van der Waals surface area contributed by atoms with E-state index in [1.807, 2.05) is 13.8 Å². The van der Waals surface area contributed by atoms with Gasteiger partial charge < -0.3 is 5.11 Å². The van der Waals surface area contributed by atoms with Crippen LogP contribution in [0.2, 0.25) is 0 Å². The molecule has 0 aliphatic rings. The van der Waals surface area contributed by atoms with Crippen molar-refractivity contribution < 1.29 is 9.50 Å². The molecule has 0 aromatic heterocycles. The molecule has 0 spiro atoms. The quantitative estimate of drug-likeness (QED) is 0.881. The second-order valence-electron chi connectivity index (χ2n) is 5.12. The summed E-state index contributed by atoms with van der Waals surface area (Å²) in [6.45, 7) is 6.11. The molecule has 2 heteroatoms. The first-order chi connectivity index (χ1) is 8.99. The van der Waals surface area contributed by atoms with Gasteiger partial charge in [0.1, 0.15) is 5.82 Å². The summed E-state index contributed by atoms with van der Waals surface area (Å²) in [6, 6.07) is 10.6. The molecular weight excluding hydrogens is 239 g/mol. The fraction of sp³-hybridized carbons (Fsp3) is 0.294. The van der Waals surface area contributed by atoms with Crippen molar-refractivity contribution in [1.29, 1.82) is 0 Å². The van der Waals surface area contributed by atoms with Crippen LogP contribution in [-0.2, 0) is 6.42 Å². The normalized spacial score (nSPS) is 12.5. The standard InChI is InChI=1S/C17H19FO/c1-11-8-12(2)15(13(3)9-11)10-17(19)14-6-4-5-7-16(14)18/h4-9,17,19H,10H2,1-3H3. The Hall–Kier alpha value is -1.67. The van der Waals surface area contributed by atoms with Gasteiger partial charge >= 0.3 is 0 Å². The molecule has 2 rings (SSSR count). The molecule has 19 heavy (non-hydrogen) atoms. The molecule has 0 saturated heterocycles. The maximum atomic E-state index is 13.6. The average Bonchev–Trinajstić information content (AvgIpc) is 2.34. The van der Waals surface area contributed by atoms with Gasteiger partial charge in [0.25, 0.3) is 0 Å². The fourth-order valence-corrected chi connectivity index (χ4v) is 2.58. The number of aryl methyl sites for hydroxylation is 3. The van der Waals surface area contributed by atoms with Crippen LogP contribution in [0.15, 0.2) is 36.4 Å². The summed E-state index contributed by atoms with van der Waals surface area (Å²) in [6.07, 6.45) is -0.361. The third-order valence-electron chi connectivity index (χ3n) is 3.50. The first-order valence-corrected chi connectivity index (χ1v) is 6.48. The maximum Gasteiger partial charge on any atom is 0.129 e. The summed E-state index contributed by atoms with van der Waals surface area (Å²) in [5.74, 6) is -0.350. The van der Waals surface area contributed by atoms with Crippen molar-refractivity contribution in [1.82, 2.24) is 0 Å². The van der Waals surface area contributed by atoms with Crippen molar-refractivity contribution in [3.05, 3.63) is 70.0 Å². The maximum absolute atomic E-state index is 13.6. The minimum absolute atomic E-state index is 0.350. The van der Waals surface area contributed by atoms with Crippen LogP contribution in [-0.4, -0.2) is 5.11 Å². The molecule has 0 radical (unpaired) electrons. The molecule has 1 N–H and O–H groups in total. The van der Waals surface area contributed by atoms with Gasteiger partial charge in [-0.2, -0.15) is 0 Å². The summed E-state index contributed by atoms with van der Waals surface area (Å²) < 4.78 is 13.6. The number of benzene rings is 2. The van der Waals surface area contributed by atoms with Crippen LogP contribution in [0.5, 0.6) is 0 Å². The highest BCUT2D eigenvalue weighted by atomic mass is 19.1. The topological polar surface area (TPSA) is 20.2 Å². The van der Waals surface area contributed by atoms with Crippen molar-refractivity contribution in [2.45, 2.75) is 33.3 Å². The third kappa shape index (κ3) is 3.02. The molecular formula is C17H19FO. The first kappa shape index (κ1) is 13.8. The predicted octanol–water partition coefficient (Wildman–Crippen LogP) is 4.03. The Morgan fingerprint density at radius 1 is 1.05 bits per heavy atom. The number of rotatable bonds is 3. The predicted molar refractivity (Wildman–Crippen MR) is 75.7 cm³/mol. The molecule has 1 atom stereocenters. The van der Waals surface area contributed by atoms with Crippen molar-refractivity contribution in [3.8, 4) is 0 Å². The van der Waals surface area contributed by atoms with E-state index >= 15 is 0 Å². The van der Waals surface area contributed by atoms with Crippen LogP contribution in [0.4, 0.5) is 4.39 Å². The van der Waals surface area contributed by atoms with Crippen molar-refractivity contribution in [2.24, 2.45) is 0 Å². The van der Waals surface area contributed by atoms with Gasteiger partial charge in [0.15, 0.2) is 0 Å². The highest BCUT2D eigenvalue weighted by Crippen LogP contribution is 2.25. The number of hydrogen-bond acceptors (Lipinski definition) is 1. The summed E-state index contributed by atoms with van der Waals surface area (Å²) >= 11 is 0. The monoisotopic (exact) mass is 258 g/mol. The van der Waals surface area contributed by atoms with Crippen LogP contribution >= 0.6 is 0 Å². The lowest BCUT2D eigenvalue weighted by atomic mass is 9.93. The minimum Gasteiger partial charge on any atom is -0.388 e. The molecule has 1 nitrogen and oxygen atoms in total. The second kappa shape index (κ2) is 5.54. The summed E-state index contributed by atoms with van der Waals surface area (Å²) in [7, 11) is 0. The summed E-state index contributed by atoms with van der Waals surface area (Å²) in [5.41, 5.74) is 4.96. The molecule has 0 aliphatic heterocycles. The lowest BCUT2D eigenvalue weighted by molar-refractivity contribution is 0.173. The Labute approximate surface area is 113 Å². The molecule has 2 aromatic rings. The van der Waals surface area contributed by atoms with Crippen LogP contribution in [0.25, 0.3) is 0 Å². The van der Waals surface area contributed by atoms with E-state index < -0.39 is 6.10 Å². The first-order valence-electron chi connectivity index (χ1n) is 6.48. The van der Waals surface area contributed by atoms with Crippen LogP contribution in [0, 0.1) is 26.6 Å². The minimum atomic E-state index is -0.804. The van der Waals surface area contributed by atoms with E-state index in [4.69, 9.17) is 0 Å². The van der Waals surface area contributed by atoms with Gasteiger partial charge in [-0.3, -0.25) is 0 Å². The van der Waals surface area contributed by atoms with Crippen molar-refractivity contribution in [3.63, 3.8) is 0 Å². The van der Waals surface area contributed by atoms with Gasteiger partial charge in [-0.15, -0.1) is 0 Å². The zero-order valence-corrected chi connectivity index (χ0v) is 11.6. The van der Waals surface area contributed by atoms with E-state index in [0.717, 1.165) is 16.7 Å². The van der Waals surface area contributed by atoms with E-state index in [0.29, 0.717) is 12.0 Å². The van der Waals surface area contributed by atoms with Crippen LogP contribution in [0.3, 0.4) is 0 Å². The lowest BCUT2D eigenvalue weighted by Crippen LogP contribution is -2.07. The largest absolute Gasteiger partial charge is 0.388 e. The molecule has 0 amide bonds. The Morgan fingerprint density at radius 3 is 2.21 bits per heavy atom. The Kier molecular flexibility index (Phi) is 4.01. The van der Waals surface area contributed by atoms with E-state index in [9.17, 15) is 9.50 Å². The van der Waals surface area contributed by atoms with E-state index in [-0.39, 0.29) is 5.82 Å². The second-order valence-corrected chi connectivity index (χ2v) is 5.12. The number of hydrogen-bond donors (Lipinski definition) is 1. The zero-order valence-electron chi connectivity index (χ0n) is 11.6. The van der Waals surface area contributed by atoms with Crippen molar-refractivity contribution >= 4 is 0 Å². The highest BCUT2D eigenvalue weighted by Gasteiger charge is 2.15. The third-order valence-corrected chi connectivity index (χ3v) is 3.50. The van der Waals surface area contributed by atoms with Gasteiger partial charge in [0, 0.05) is 12.0 Å². The number of aliphatic hydroxyl groups is 1. The van der Waals surface area contributed by atoms with Crippen molar-refractivity contribution in [2.75, 3.05) is 0 Å². The molecule has 0 bridgehead atoms. The lowest BCUT2D eigenvalue weighted by Gasteiger charge is -2.16. The zero-order chi connectivity index (χ0) is 14.0. The van der Waals surface area contributed by atoms with Gasteiger partial charge in [-0.05, 0) is 43.5 Å². The number of aliphatic hydroxyl groups excluding tert-OH is 1. The summed E-state index contributed by atoms with van der Waals surface area (Å²) in [4.78, 5) is 0. The van der Waals surface area contributed by atoms with Crippen LogP contribution < -0.4 is 0 Å². The molecule has 0 aliphatic carbocycles. The summed E-state index contributed by atoms with van der Waals surface area (Å²) in [5, 5.41) is 10.2. The Morgan fingerprint density at radius 2 is 1.63 bits per heavy atom. The Balaban J connectivity index is 2.29. The van der Waals surface area contributed by atoms with E-state index in [1.165, 1.54) is 11.6 Å². The average molecular weight is 258 g/mol. The fourth-order valence-electron chi connectivity index (χ4n) is 2.58. The van der Waals surface area contributed by atoms with E-state index in [1.54, 1.807) is 18.2 Å². The molecule has 100 valence electrons. The van der Waals surface area contributed by atoms with Gasteiger partial charge in [0.05, 0.1) is 6.10 Å².